The highest BCUT2D eigenvalue weighted by molar-refractivity contribution is 9.10. The number of piperidine rings is 1. The summed E-state index contributed by atoms with van der Waals surface area (Å²) in [6, 6.07) is 18.2. The summed E-state index contributed by atoms with van der Waals surface area (Å²) in [6.07, 6.45) is -9.53. The molecule has 0 aliphatic carbocycles. The first-order valence-electron chi connectivity index (χ1n) is 10.8. The van der Waals surface area contributed by atoms with E-state index in [1.54, 1.807) is 0 Å². The summed E-state index contributed by atoms with van der Waals surface area (Å²) in [5.41, 5.74) is -1.65. The van der Waals surface area contributed by atoms with Crippen LogP contribution >= 0.6 is 15.9 Å². The van der Waals surface area contributed by atoms with Crippen molar-refractivity contribution in [3.63, 3.8) is 0 Å². The first kappa shape index (κ1) is 25.3. The fraction of sp³-hybridized carbons (Fsp3) is 0.269. The monoisotopic (exact) mass is 555 g/mol. The topological polar surface area (TPSA) is 20.3 Å². The second kappa shape index (κ2) is 9.68. The zero-order valence-corrected chi connectivity index (χ0v) is 19.8. The van der Waals surface area contributed by atoms with E-state index in [9.17, 15) is 31.1 Å². The van der Waals surface area contributed by atoms with Crippen LogP contribution in [0.2, 0.25) is 0 Å². The molecule has 0 radical (unpaired) electrons. The lowest BCUT2D eigenvalue weighted by Gasteiger charge is -2.39. The van der Waals surface area contributed by atoms with Crippen LogP contribution in [0.5, 0.6) is 0 Å². The molecule has 3 aromatic carbocycles. The largest absolute Gasteiger partial charge is 0.416 e. The predicted molar refractivity (Wildman–Crippen MR) is 123 cm³/mol. The molecule has 4 rings (SSSR count). The van der Waals surface area contributed by atoms with Gasteiger partial charge >= 0.3 is 12.4 Å². The van der Waals surface area contributed by atoms with Crippen molar-refractivity contribution in [1.29, 1.82) is 0 Å². The fourth-order valence-electron chi connectivity index (χ4n) is 4.57. The molecule has 9 heteroatoms. The highest BCUT2D eigenvalue weighted by Gasteiger charge is 2.39. The molecule has 2 atom stereocenters. The minimum absolute atomic E-state index is 0.0196. The second-order valence-electron chi connectivity index (χ2n) is 8.51. The third kappa shape index (κ3) is 5.72. The Morgan fingerprint density at radius 2 is 1.37 bits per heavy atom. The van der Waals surface area contributed by atoms with Crippen molar-refractivity contribution in [3.8, 4) is 0 Å². The number of hydrogen-bond acceptors (Lipinski definition) is 1. The average molecular weight is 556 g/mol. The first-order chi connectivity index (χ1) is 16.4. The van der Waals surface area contributed by atoms with Crippen LogP contribution in [0, 0.1) is 0 Å². The van der Waals surface area contributed by atoms with Crippen molar-refractivity contribution < 1.29 is 31.1 Å². The van der Waals surface area contributed by atoms with Gasteiger partial charge in [-0.25, -0.2) is 0 Å². The van der Waals surface area contributed by atoms with Crippen LogP contribution in [0.3, 0.4) is 0 Å². The van der Waals surface area contributed by atoms with Gasteiger partial charge in [-0.3, -0.25) is 4.79 Å². The summed E-state index contributed by atoms with van der Waals surface area (Å²) >= 11 is 3.47. The summed E-state index contributed by atoms with van der Waals surface area (Å²) in [4.78, 5) is 14.6. The van der Waals surface area contributed by atoms with Crippen LogP contribution in [0.25, 0.3) is 0 Å². The molecule has 184 valence electrons. The third-order valence-electron chi connectivity index (χ3n) is 6.24. The van der Waals surface area contributed by atoms with Crippen LogP contribution < -0.4 is 0 Å². The lowest BCUT2D eigenvalue weighted by molar-refractivity contribution is -0.143. The molecule has 3 aromatic rings. The molecule has 0 unspecified atom stereocenters. The first-order valence-corrected chi connectivity index (χ1v) is 11.6. The maximum atomic E-state index is 13.3. The predicted octanol–water partition coefficient (Wildman–Crippen LogP) is 7.90. The molecule has 1 heterocycles. The van der Waals surface area contributed by atoms with E-state index >= 15 is 0 Å². The number of rotatable bonds is 3. The number of benzene rings is 3. The molecule has 35 heavy (non-hydrogen) atoms. The highest BCUT2D eigenvalue weighted by atomic mass is 79.9. The van der Waals surface area contributed by atoms with Crippen molar-refractivity contribution in [2.24, 2.45) is 0 Å². The van der Waals surface area contributed by atoms with E-state index in [0.29, 0.717) is 18.6 Å². The lowest BCUT2D eigenvalue weighted by Crippen LogP contribution is -2.42. The Kier molecular flexibility index (Phi) is 6.99. The van der Waals surface area contributed by atoms with E-state index in [2.05, 4.69) is 15.9 Å². The van der Waals surface area contributed by atoms with E-state index in [-0.39, 0.29) is 31.0 Å². The highest BCUT2D eigenvalue weighted by Crippen LogP contribution is 2.41. The minimum Gasteiger partial charge on any atom is -0.338 e. The summed E-state index contributed by atoms with van der Waals surface area (Å²) in [6.45, 7) is 0.370. The van der Waals surface area contributed by atoms with E-state index < -0.39 is 35.0 Å². The van der Waals surface area contributed by atoms with Crippen LogP contribution in [0.1, 0.15) is 50.9 Å². The van der Waals surface area contributed by atoms with Gasteiger partial charge in [0.25, 0.3) is 5.91 Å². The van der Waals surface area contributed by atoms with E-state index in [4.69, 9.17) is 0 Å². The summed E-state index contributed by atoms with van der Waals surface area (Å²) in [7, 11) is 0. The maximum Gasteiger partial charge on any atom is 0.416 e. The zero-order valence-electron chi connectivity index (χ0n) is 18.2. The number of alkyl halides is 6. The van der Waals surface area contributed by atoms with Crippen molar-refractivity contribution in [2.75, 3.05) is 13.1 Å². The normalized spacial score (nSPS) is 19.0. The number of amides is 1. The van der Waals surface area contributed by atoms with Crippen molar-refractivity contribution in [3.05, 3.63) is 105 Å². The van der Waals surface area contributed by atoms with E-state index in [1.807, 2.05) is 54.6 Å². The summed E-state index contributed by atoms with van der Waals surface area (Å²) < 4.78 is 80.7. The molecule has 1 aliphatic rings. The fourth-order valence-corrected chi connectivity index (χ4v) is 4.99. The van der Waals surface area contributed by atoms with Crippen LogP contribution in [0.4, 0.5) is 26.3 Å². The van der Waals surface area contributed by atoms with Gasteiger partial charge in [0.1, 0.15) is 0 Å². The van der Waals surface area contributed by atoms with Gasteiger partial charge in [-0.15, -0.1) is 0 Å². The Morgan fingerprint density at radius 1 is 0.771 bits per heavy atom. The van der Waals surface area contributed by atoms with Crippen LogP contribution in [0.15, 0.2) is 77.3 Å². The van der Waals surface area contributed by atoms with Gasteiger partial charge in [0.15, 0.2) is 0 Å². The molecule has 1 saturated heterocycles. The maximum absolute atomic E-state index is 13.3. The van der Waals surface area contributed by atoms with Crippen molar-refractivity contribution in [2.45, 2.75) is 30.6 Å². The standard InChI is InChI=1S/C26H20BrF6NO/c27-21-8-4-7-17(13-21)22-9-10-34(15-23(22)16-5-2-1-3-6-16)24(35)18-11-19(25(28,29)30)14-20(12-18)26(31,32)33/h1-8,11-14,22-23H,9-10,15H2/t22-,23+/m1/s1. The third-order valence-corrected chi connectivity index (χ3v) is 6.73. The molecule has 1 amide bonds. The molecular weight excluding hydrogens is 536 g/mol. The van der Waals surface area contributed by atoms with E-state index in [0.717, 1.165) is 15.6 Å². The molecule has 1 aliphatic heterocycles. The van der Waals surface area contributed by atoms with Gasteiger partial charge in [0.2, 0.25) is 0 Å². The smallest absolute Gasteiger partial charge is 0.338 e. The number of nitrogens with zero attached hydrogens (tertiary/aromatic N) is 1. The lowest BCUT2D eigenvalue weighted by atomic mass is 9.76. The Labute approximate surface area is 206 Å². The zero-order chi connectivity index (χ0) is 25.4. The Hall–Kier alpha value is -2.81. The van der Waals surface area contributed by atoms with Gasteiger partial charge < -0.3 is 4.90 Å². The molecule has 1 fully saturated rings. The van der Waals surface area contributed by atoms with Gasteiger partial charge in [0, 0.05) is 29.0 Å². The second-order valence-corrected chi connectivity index (χ2v) is 9.43. The molecular formula is C26H20BrF6NO. The van der Waals surface area contributed by atoms with Crippen LogP contribution in [-0.2, 0) is 12.4 Å². The van der Waals surface area contributed by atoms with Gasteiger partial charge in [0.05, 0.1) is 11.1 Å². The van der Waals surface area contributed by atoms with Gasteiger partial charge in [-0.1, -0.05) is 58.4 Å². The quantitative estimate of drug-likeness (QED) is 0.301. The molecule has 0 N–H and O–H groups in total. The summed E-state index contributed by atoms with van der Waals surface area (Å²) in [5.74, 6) is -1.02. The number of carbonyl (C=O) groups is 1. The number of carbonyl (C=O) groups excluding carboxylic acids is 1. The average Bonchev–Trinajstić information content (AvgIpc) is 2.82. The number of hydrogen-bond donors (Lipinski definition) is 0. The van der Waals surface area contributed by atoms with Crippen LogP contribution in [-0.4, -0.2) is 23.9 Å². The minimum atomic E-state index is -5.02. The molecule has 0 bridgehead atoms. The Balaban J connectivity index is 1.69. The van der Waals surface area contributed by atoms with Crippen molar-refractivity contribution in [1.82, 2.24) is 4.90 Å². The van der Waals surface area contributed by atoms with Gasteiger partial charge in [-0.05, 0) is 53.8 Å². The Morgan fingerprint density at radius 3 is 1.94 bits per heavy atom. The molecule has 0 aromatic heterocycles. The Bertz CT molecular complexity index is 1180. The van der Waals surface area contributed by atoms with Gasteiger partial charge in [-0.2, -0.15) is 26.3 Å². The SMILES string of the molecule is O=C(c1cc(C(F)(F)F)cc(C(F)(F)F)c1)N1CC[C@H](c2cccc(Br)c2)[C@H](c2ccccc2)C1. The van der Waals surface area contributed by atoms with Crippen molar-refractivity contribution >= 4 is 21.8 Å². The number of likely N-dealkylation sites (tertiary alicyclic amines) is 1. The number of halogens is 7. The molecule has 2 nitrogen and oxygen atoms in total. The molecule has 0 saturated carbocycles. The summed E-state index contributed by atoms with van der Waals surface area (Å²) in [5, 5.41) is 0. The van der Waals surface area contributed by atoms with E-state index in [1.165, 1.54) is 4.90 Å². The molecule has 0 spiro atoms.